The van der Waals surface area contributed by atoms with Crippen LogP contribution in [0.25, 0.3) is 33.0 Å². The van der Waals surface area contributed by atoms with Gasteiger partial charge in [-0.25, -0.2) is 14.8 Å². The molecule has 0 spiro atoms. The summed E-state index contributed by atoms with van der Waals surface area (Å²) in [6.45, 7) is 2.48. The van der Waals surface area contributed by atoms with Gasteiger partial charge < -0.3 is 14.8 Å². The van der Waals surface area contributed by atoms with Gasteiger partial charge in [-0.15, -0.1) is 11.3 Å². The average molecular weight is 603 g/mol. The van der Waals surface area contributed by atoms with Crippen LogP contribution in [0.1, 0.15) is 64.4 Å². The van der Waals surface area contributed by atoms with E-state index in [1.807, 2.05) is 42.6 Å². The van der Waals surface area contributed by atoms with Crippen LogP contribution in [0.15, 0.2) is 65.3 Å². The molecule has 2 heterocycles. The minimum atomic E-state index is -0.912. The molecule has 8 heteroatoms. The minimum absolute atomic E-state index is 0.308. The summed E-state index contributed by atoms with van der Waals surface area (Å²) in [5.41, 5.74) is 6.05. The number of halogens is 1. The second kappa shape index (κ2) is 10.9. The van der Waals surface area contributed by atoms with Crippen LogP contribution in [-0.2, 0) is 6.61 Å². The molecule has 6 nitrogen and oxygen atoms in total. The number of carbonyl (C=O) groups is 1. The first-order chi connectivity index (χ1) is 18.9. The van der Waals surface area contributed by atoms with Gasteiger partial charge in [-0.2, -0.15) is 0 Å². The number of hydrogen-bond donors (Lipinski definition) is 2. The Bertz CT molecular complexity index is 1650. The SMILES string of the molecule is Cc1cnc(-c2ccc(Br)c(COc3ccc(-c4nc5c(C6CCCCC6)cc(C(=O)O)cc5[nH]4)cc3)c2)s1. The van der Waals surface area contributed by atoms with Crippen molar-refractivity contribution in [2.24, 2.45) is 0 Å². The molecule has 1 aliphatic carbocycles. The fraction of sp³-hybridized carbons (Fsp3) is 0.258. The largest absolute Gasteiger partial charge is 0.489 e. The number of H-pyrrole nitrogens is 1. The first-order valence-electron chi connectivity index (χ1n) is 13.2. The zero-order chi connectivity index (χ0) is 26.9. The highest BCUT2D eigenvalue weighted by atomic mass is 79.9. The Labute approximate surface area is 239 Å². The van der Waals surface area contributed by atoms with Crippen molar-refractivity contribution in [3.63, 3.8) is 0 Å². The first-order valence-corrected chi connectivity index (χ1v) is 14.8. The molecule has 0 aliphatic heterocycles. The highest BCUT2D eigenvalue weighted by molar-refractivity contribution is 9.10. The van der Waals surface area contributed by atoms with E-state index in [-0.39, 0.29) is 0 Å². The van der Waals surface area contributed by atoms with Crippen LogP contribution in [0.3, 0.4) is 0 Å². The van der Waals surface area contributed by atoms with Gasteiger partial charge in [0, 0.05) is 32.2 Å². The van der Waals surface area contributed by atoms with Crippen molar-refractivity contribution in [1.29, 1.82) is 0 Å². The molecular weight excluding hydrogens is 574 g/mol. The minimum Gasteiger partial charge on any atom is -0.489 e. The lowest BCUT2D eigenvalue weighted by Crippen LogP contribution is -2.07. The third-order valence-electron chi connectivity index (χ3n) is 7.34. The van der Waals surface area contributed by atoms with Gasteiger partial charge in [0.25, 0.3) is 0 Å². The standard InChI is InChI=1S/C31H28BrN3O3S/c1-18-16-33-30(39-18)21-9-12-26(32)23(13-21)17-38-24-10-7-20(8-11-24)29-34-27-15-22(31(36)37)14-25(28(27)35-29)19-5-3-2-4-6-19/h7-16,19H,2-6,17H2,1H3,(H,34,35)(H,36,37). The molecular formula is C31H28BrN3O3S. The van der Waals surface area contributed by atoms with Gasteiger partial charge in [0.2, 0.25) is 0 Å². The van der Waals surface area contributed by atoms with Crippen molar-refractivity contribution in [3.8, 4) is 27.7 Å². The van der Waals surface area contributed by atoms with E-state index in [1.165, 1.54) is 24.1 Å². The lowest BCUT2D eigenvalue weighted by Gasteiger charge is -2.22. The predicted octanol–water partition coefficient (Wildman–Crippen LogP) is 8.75. The van der Waals surface area contributed by atoms with E-state index in [4.69, 9.17) is 9.72 Å². The highest BCUT2D eigenvalue weighted by Crippen LogP contribution is 2.37. The zero-order valence-electron chi connectivity index (χ0n) is 21.5. The molecule has 2 N–H and O–H groups in total. The summed E-state index contributed by atoms with van der Waals surface area (Å²) >= 11 is 5.32. The predicted molar refractivity (Wildman–Crippen MR) is 159 cm³/mol. The zero-order valence-corrected chi connectivity index (χ0v) is 23.9. The average Bonchev–Trinajstić information content (AvgIpc) is 3.59. The number of carboxylic acids is 1. The number of fused-ring (bicyclic) bond motifs is 1. The van der Waals surface area contributed by atoms with Crippen molar-refractivity contribution >= 4 is 44.3 Å². The Morgan fingerprint density at radius 1 is 1.08 bits per heavy atom. The van der Waals surface area contributed by atoms with Crippen LogP contribution in [0.5, 0.6) is 5.75 Å². The Balaban J connectivity index is 1.22. The first kappa shape index (κ1) is 25.8. The van der Waals surface area contributed by atoms with Gasteiger partial charge in [-0.1, -0.05) is 41.3 Å². The maximum absolute atomic E-state index is 11.8. The molecule has 1 saturated carbocycles. The fourth-order valence-corrected chi connectivity index (χ4v) is 6.43. The molecule has 0 atom stereocenters. The monoisotopic (exact) mass is 601 g/mol. The van der Waals surface area contributed by atoms with E-state index in [0.717, 1.165) is 67.2 Å². The molecule has 0 unspecified atom stereocenters. The number of aromatic amines is 1. The Kier molecular flexibility index (Phi) is 7.23. The molecule has 1 aliphatic rings. The number of ether oxygens (including phenoxy) is 1. The van der Waals surface area contributed by atoms with Gasteiger partial charge in [0.05, 0.1) is 16.6 Å². The molecule has 198 valence electrons. The van der Waals surface area contributed by atoms with Crippen molar-refractivity contribution in [3.05, 3.63) is 86.8 Å². The van der Waals surface area contributed by atoms with E-state index in [9.17, 15) is 9.90 Å². The molecule has 6 rings (SSSR count). The van der Waals surface area contributed by atoms with Gasteiger partial charge in [0.15, 0.2) is 0 Å². The molecule has 2 aromatic heterocycles. The molecule has 0 bridgehead atoms. The van der Waals surface area contributed by atoms with Crippen molar-refractivity contribution in [2.75, 3.05) is 0 Å². The highest BCUT2D eigenvalue weighted by Gasteiger charge is 2.22. The number of nitrogens with one attached hydrogen (secondary N) is 1. The van der Waals surface area contributed by atoms with Gasteiger partial charge in [-0.05, 0) is 79.8 Å². The molecule has 0 radical (unpaired) electrons. The van der Waals surface area contributed by atoms with Gasteiger partial charge >= 0.3 is 5.97 Å². The number of aryl methyl sites for hydroxylation is 1. The number of benzene rings is 3. The van der Waals surface area contributed by atoms with Crippen molar-refractivity contribution in [2.45, 2.75) is 51.6 Å². The van der Waals surface area contributed by atoms with Crippen LogP contribution in [0.4, 0.5) is 0 Å². The van der Waals surface area contributed by atoms with Crippen molar-refractivity contribution < 1.29 is 14.6 Å². The number of nitrogens with zero attached hydrogens (tertiary/aromatic N) is 2. The van der Waals surface area contributed by atoms with Crippen LogP contribution in [0.2, 0.25) is 0 Å². The van der Waals surface area contributed by atoms with Crippen molar-refractivity contribution in [1.82, 2.24) is 15.0 Å². The molecule has 3 aromatic carbocycles. The van der Waals surface area contributed by atoms with Gasteiger partial charge in [0.1, 0.15) is 23.2 Å². The van der Waals surface area contributed by atoms with E-state index in [2.05, 4.69) is 45.0 Å². The second-order valence-electron chi connectivity index (χ2n) is 10.1. The maximum atomic E-state index is 11.8. The third kappa shape index (κ3) is 5.49. The lowest BCUT2D eigenvalue weighted by atomic mass is 9.83. The molecule has 0 saturated heterocycles. The summed E-state index contributed by atoms with van der Waals surface area (Å²) in [7, 11) is 0. The number of thiazole rings is 1. The van der Waals surface area contributed by atoms with Crippen LogP contribution in [-0.4, -0.2) is 26.0 Å². The summed E-state index contributed by atoms with van der Waals surface area (Å²) in [6.07, 6.45) is 7.64. The molecule has 5 aromatic rings. The molecule has 0 amide bonds. The van der Waals surface area contributed by atoms with E-state index >= 15 is 0 Å². The summed E-state index contributed by atoms with van der Waals surface area (Å²) in [4.78, 5) is 25.8. The fourth-order valence-electron chi connectivity index (χ4n) is 5.31. The normalized spacial score (nSPS) is 14.1. The number of carboxylic acid groups (broad SMARTS) is 1. The summed E-state index contributed by atoms with van der Waals surface area (Å²) in [6, 6.07) is 17.6. The van der Waals surface area contributed by atoms with Gasteiger partial charge in [-0.3, -0.25) is 0 Å². The number of rotatable bonds is 7. The quantitative estimate of drug-likeness (QED) is 0.195. The number of aromatic carboxylic acids is 1. The number of imidazole rings is 1. The maximum Gasteiger partial charge on any atom is 0.335 e. The van der Waals surface area contributed by atoms with Crippen LogP contribution < -0.4 is 4.74 Å². The second-order valence-corrected chi connectivity index (χ2v) is 12.2. The van der Waals surface area contributed by atoms with Crippen LogP contribution in [0, 0.1) is 6.92 Å². The van der Waals surface area contributed by atoms with Crippen LogP contribution >= 0.6 is 27.3 Å². The molecule has 39 heavy (non-hydrogen) atoms. The van der Waals surface area contributed by atoms with E-state index in [1.54, 1.807) is 17.4 Å². The summed E-state index contributed by atoms with van der Waals surface area (Å²) in [5.74, 6) is 0.925. The lowest BCUT2D eigenvalue weighted by molar-refractivity contribution is 0.0697. The smallest absolute Gasteiger partial charge is 0.335 e. The molecule has 1 fully saturated rings. The Morgan fingerprint density at radius 2 is 1.85 bits per heavy atom. The summed E-state index contributed by atoms with van der Waals surface area (Å²) < 4.78 is 7.11. The van der Waals surface area contributed by atoms with E-state index in [0.29, 0.717) is 18.1 Å². The number of aromatic nitrogens is 3. The topological polar surface area (TPSA) is 88.1 Å². The Morgan fingerprint density at radius 3 is 2.56 bits per heavy atom. The summed E-state index contributed by atoms with van der Waals surface area (Å²) in [5, 5.41) is 10.7. The third-order valence-corrected chi connectivity index (χ3v) is 9.08. The number of hydrogen-bond acceptors (Lipinski definition) is 5. The van der Waals surface area contributed by atoms with E-state index < -0.39 is 5.97 Å². The Hall–Kier alpha value is -3.49.